The number of hydrogen-bond donors (Lipinski definition) is 2. The molecule has 0 saturated heterocycles. The lowest BCUT2D eigenvalue weighted by atomic mass is 10.2. The summed E-state index contributed by atoms with van der Waals surface area (Å²) in [4.78, 5) is 0. The first-order valence-electron chi connectivity index (χ1n) is 5.46. The van der Waals surface area contributed by atoms with Crippen molar-refractivity contribution < 1.29 is 9.84 Å². The van der Waals surface area contributed by atoms with Crippen LogP contribution in [0.2, 0.25) is 0 Å². The van der Waals surface area contributed by atoms with Crippen molar-refractivity contribution in [1.82, 2.24) is 0 Å². The summed E-state index contributed by atoms with van der Waals surface area (Å²) in [6.07, 6.45) is 0. The highest BCUT2D eigenvalue weighted by Gasteiger charge is 1.97. The van der Waals surface area contributed by atoms with Crippen LogP contribution in [0.3, 0.4) is 0 Å². The van der Waals surface area contributed by atoms with Crippen molar-refractivity contribution in [1.29, 1.82) is 0 Å². The molecule has 0 atom stereocenters. The average Bonchev–Trinajstić information content (AvgIpc) is 2.37. The maximum absolute atomic E-state index is 9.31. The predicted octanol–water partition coefficient (Wildman–Crippen LogP) is 3.01. The third-order valence-electron chi connectivity index (χ3n) is 2.46. The highest BCUT2D eigenvalue weighted by atomic mass is 16.5. The van der Waals surface area contributed by atoms with E-state index in [-0.39, 0.29) is 5.75 Å². The molecule has 3 nitrogen and oxygen atoms in total. The first kappa shape index (κ1) is 11.3. The number of phenols is 1. The molecule has 0 aromatic heterocycles. The predicted molar refractivity (Wildman–Crippen MR) is 68.4 cm³/mol. The Morgan fingerprint density at radius 2 is 1.88 bits per heavy atom. The van der Waals surface area contributed by atoms with Crippen molar-refractivity contribution in [3.8, 4) is 11.5 Å². The van der Waals surface area contributed by atoms with E-state index in [2.05, 4.69) is 5.32 Å². The van der Waals surface area contributed by atoms with Crippen molar-refractivity contribution in [2.75, 3.05) is 12.4 Å². The van der Waals surface area contributed by atoms with Crippen molar-refractivity contribution in [3.63, 3.8) is 0 Å². The Morgan fingerprint density at radius 1 is 1.12 bits per heavy atom. The minimum Gasteiger partial charge on any atom is -0.508 e. The molecular weight excluding hydrogens is 214 g/mol. The zero-order valence-corrected chi connectivity index (χ0v) is 9.68. The lowest BCUT2D eigenvalue weighted by Gasteiger charge is -2.07. The Hall–Kier alpha value is -2.16. The summed E-state index contributed by atoms with van der Waals surface area (Å²) in [5, 5.41) is 12.4. The highest BCUT2D eigenvalue weighted by Crippen LogP contribution is 2.17. The van der Waals surface area contributed by atoms with E-state index in [1.54, 1.807) is 18.2 Å². The van der Waals surface area contributed by atoms with E-state index in [1.165, 1.54) is 0 Å². The average molecular weight is 229 g/mol. The second kappa shape index (κ2) is 5.25. The summed E-state index contributed by atoms with van der Waals surface area (Å²) in [5.74, 6) is 1.07. The molecule has 0 spiro atoms. The molecule has 0 fully saturated rings. The van der Waals surface area contributed by atoms with Crippen LogP contribution in [0.25, 0.3) is 0 Å². The Morgan fingerprint density at radius 3 is 2.53 bits per heavy atom. The molecule has 0 amide bonds. The van der Waals surface area contributed by atoms with E-state index < -0.39 is 0 Å². The van der Waals surface area contributed by atoms with Crippen LogP contribution in [0.5, 0.6) is 11.5 Å². The third kappa shape index (κ3) is 3.14. The largest absolute Gasteiger partial charge is 0.508 e. The quantitative estimate of drug-likeness (QED) is 0.846. The van der Waals surface area contributed by atoms with Gasteiger partial charge >= 0.3 is 0 Å². The van der Waals surface area contributed by atoms with Crippen LogP contribution in [0.4, 0.5) is 5.69 Å². The Labute approximate surface area is 101 Å². The molecule has 17 heavy (non-hydrogen) atoms. The van der Waals surface area contributed by atoms with Gasteiger partial charge in [-0.05, 0) is 42.0 Å². The van der Waals surface area contributed by atoms with Crippen molar-refractivity contribution in [3.05, 3.63) is 54.1 Å². The fourth-order valence-corrected chi connectivity index (χ4v) is 1.53. The summed E-state index contributed by atoms with van der Waals surface area (Å²) in [5.41, 5.74) is 2.00. The maximum atomic E-state index is 9.31. The standard InChI is InChI=1S/C14H15NO2/c1-15-12-5-7-14(8-6-12)17-10-11-3-2-4-13(16)9-11/h2-9,15-16H,10H2,1H3. The maximum Gasteiger partial charge on any atom is 0.119 e. The molecule has 2 N–H and O–H groups in total. The molecule has 88 valence electrons. The van der Waals surface area contributed by atoms with Crippen LogP contribution in [0.15, 0.2) is 48.5 Å². The number of ether oxygens (including phenoxy) is 1. The van der Waals surface area contributed by atoms with Gasteiger partial charge in [-0.3, -0.25) is 0 Å². The molecule has 0 radical (unpaired) electrons. The molecule has 3 heteroatoms. The van der Waals surface area contributed by atoms with E-state index in [0.717, 1.165) is 17.0 Å². The molecule has 0 aliphatic rings. The molecular formula is C14H15NO2. The van der Waals surface area contributed by atoms with Gasteiger partial charge in [0.25, 0.3) is 0 Å². The Bertz CT molecular complexity index is 480. The van der Waals surface area contributed by atoms with Crippen molar-refractivity contribution >= 4 is 5.69 Å². The van der Waals surface area contributed by atoms with Crippen LogP contribution in [0, 0.1) is 0 Å². The van der Waals surface area contributed by atoms with Crippen molar-refractivity contribution in [2.45, 2.75) is 6.61 Å². The zero-order valence-electron chi connectivity index (χ0n) is 9.68. The molecule has 2 aromatic rings. The first-order chi connectivity index (χ1) is 8.28. The van der Waals surface area contributed by atoms with E-state index in [0.29, 0.717) is 6.61 Å². The Kier molecular flexibility index (Phi) is 3.50. The number of phenolic OH excluding ortho intramolecular Hbond substituents is 1. The summed E-state index contributed by atoms with van der Waals surface area (Å²) in [6.45, 7) is 0.452. The smallest absolute Gasteiger partial charge is 0.119 e. The van der Waals surface area contributed by atoms with Gasteiger partial charge in [0, 0.05) is 12.7 Å². The van der Waals surface area contributed by atoms with Gasteiger partial charge in [0.2, 0.25) is 0 Å². The summed E-state index contributed by atoms with van der Waals surface area (Å²) in [6, 6.07) is 14.8. The zero-order chi connectivity index (χ0) is 12.1. The van der Waals surface area contributed by atoms with E-state index in [4.69, 9.17) is 4.74 Å². The van der Waals surface area contributed by atoms with Gasteiger partial charge in [-0.2, -0.15) is 0 Å². The fourth-order valence-electron chi connectivity index (χ4n) is 1.53. The minimum absolute atomic E-state index is 0.261. The van der Waals surface area contributed by atoms with Gasteiger partial charge in [-0.25, -0.2) is 0 Å². The molecule has 0 bridgehead atoms. The van der Waals surface area contributed by atoms with Crippen LogP contribution >= 0.6 is 0 Å². The number of anilines is 1. The number of nitrogens with one attached hydrogen (secondary N) is 1. The normalized spacial score (nSPS) is 9.94. The molecule has 0 unspecified atom stereocenters. The summed E-state index contributed by atoms with van der Waals surface area (Å²) < 4.78 is 5.61. The SMILES string of the molecule is CNc1ccc(OCc2cccc(O)c2)cc1. The first-order valence-corrected chi connectivity index (χ1v) is 5.46. The van der Waals surface area contributed by atoms with Crippen LogP contribution in [0.1, 0.15) is 5.56 Å². The van der Waals surface area contributed by atoms with Crippen LogP contribution in [-0.2, 0) is 6.61 Å². The fraction of sp³-hybridized carbons (Fsp3) is 0.143. The number of benzene rings is 2. The van der Waals surface area contributed by atoms with E-state index >= 15 is 0 Å². The summed E-state index contributed by atoms with van der Waals surface area (Å²) >= 11 is 0. The second-order valence-corrected chi connectivity index (χ2v) is 3.73. The monoisotopic (exact) mass is 229 g/mol. The van der Waals surface area contributed by atoms with Gasteiger partial charge in [0.15, 0.2) is 0 Å². The second-order valence-electron chi connectivity index (χ2n) is 3.73. The van der Waals surface area contributed by atoms with Gasteiger partial charge in [-0.15, -0.1) is 0 Å². The van der Waals surface area contributed by atoms with Gasteiger partial charge < -0.3 is 15.2 Å². The van der Waals surface area contributed by atoms with E-state index in [9.17, 15) is 5.11 Å². The lowest BCUT2D eigenvalue weighted by Crippen LogP contribution is -1.95. The number of hydrogen-bond acceptors (Lipinski definition) is 3. The van der Waals surface area contributed by atoms with Crippen LogP contribution in [-0.4, -0.2) is 12.2 Å². The highest BCUT2D eigenvalue weighted by molar-refractivity contribution is 5.45. The molecule has 0 heterocycles. The minimum atomic E-state index is 0.261. The van der Waals surface area contributed by atoms with Gasteiger partial charge in [0.1, 0.15) is 18.1 Å². The number of rotatable bonds is 4. The molecule has 2 rings (SSSR count). The molecule has 0 aliphatic heterocycles. The molecule has 2 aromatic carbocycles. The van der Waals surface area contributed by atoms with Gasteiger partial charge in [-0.1, -0.05) is 12.1 Å². The number of aromatic hydroxyl groups is 1. The van der Waals surface area contributed by atoms with Crippen LogP contribution < -0.4 is 10.1 Å². The Balaban J connectivity index is 1.97. The third-order valence-corrected chi connectivity index (χ3v) is 2.46. The lowest BCUT2D eigenvalue weighted by molar-refractivity contribution is 0.305. The van der Waals surface area contributed by atoms with Crippen molar-refractivity contribution in [2.24, 2.45) is 0 Å². The van der Waals surface area contributed by atoms with Gasteiger partial charge in [0.05, 0.1) is 0 Å². The molecule has 0 saturated carbocycles. The topological polar surface area (TPSA) is 41.5 Å². The molecule has 0 aliphatic carbocycles. The summed E-state index contributed by atoms with van der Waals surface area (Å²) in [7, 11) is 1.88. The van der Waals surface area contributed by atoms with E-state index in [1.807, 2.05) is 37.4 Å².